The van der Waals surface area contributed by atoms with E-state index in [0.29, 0.717) is 5.56 Å². The van der Waals surface area contributed by atoms with Crippen molar-refractivity contribution in [1.29, 1.82) is 0 Å². The molecular formula is C31H32BrO2P. The number of hydrogen-bond acceptors (Lipinski definition) is 2. The fraction of sp³-hybridized carbons (Fsp3) is 0.194. The molecule has 0 saturated carbocycles. The average Bonchev–Trinajstić information content (AvgIpc) is 2.89. The van der Waals surface area contributed by atoms with E-state index in [4.69, 9.17) is 4.74 Å². The van der Waals surface area contributed by atoms with Crippen molar-refractivity contribution in [3.63, 3.8) is 0 Å². The third-order valence-corrected chi connectivity index (χ3v) is 16.2. The Morgan fingerprint density at radius 3 is 1.71 bits per heavy atom. The first-order valence-corrected chi connectivity index (χ1v) is 16.2. The summed E-state index contributed by atoms with van der Waals surface area (Å²) < 4.78 is 5.25. The Morgan fingerprint density at radius 2 is 1.23 bits per heavy atom. The summed E-state index contributed by atoms with van der Waals surface area (Å²) in [6, 6.07) is 37.9. The van der Waals surface area contributed by atoms with Crippen LogP contribution in [0.3, 0.4) is 0 Å². The van der Waals surface area contributed by atoms with Gasteiger partial charge in [-0.2, -0.15) is 0 Å². The predicted octanol–water partition coefficient (Wildman–Crippen LogP) is 7.11. The summed E-state index contributed by atoms with van der Waals surface area (Å²) in [7, 11) is 1.44. The van der Waals surface area contributed by atoms with Crippen LogP contribution in [-0.4, -0.2) is 13.1 Å². The van der Waals surface area contributed by atoms with E-state index in [1.165, 1.54) is 28.8 Å². The van der Waals surface area contributed by atoms with Crippen LogP contribution in [0.25, 0.3) is 0 Å². The van der Waals surface area contributed by atoms with Gasteiger partial charge in [0.2, 0.25) is 0 Å². The average molecular weight is 547 g/mol. The standard InChI is InChI=1S/C31H32BrO2P/c1-31(2,3)25-21-19-24(20-22-25)23-35(32,26-13-7-5-8-14-26,27-15-9-6-10-16-27)29-18-12-11-17-28(29)30(33)34-4/h5-22H,23H2,1-4H3. The number of esters is 1. The molecule has 4 heteroatoms. The van der Waals surface area contributed by atoms with Gasteiger partial charge >= 0.3 is 218 Å². The second-order valence-corrected chi connectivity index (χ2v) is 18.9. The molecule has 0 amide bonds. The summed E-state index contributed by atoms with van der Waals surface area (Å²) >= 11 is 4.48. The van der Waals surface area contributed by atoms with Crippen molar-refractivity contribution in [2.45, 2.75) is 32.3 Å². The summed E-state index contributed by atoms with van der Waals surface area (Å²) in [6.45, 7) is 6.69. The van der Waals surface area contributed by atoms with Crippen LogP contribution in [0.15, 0.2) is 109 Å². The van der Waals surface area contributed by atoms with Gasteiger partial charge < -0.3 is 0 Å². The summed E-state index contributed by atoms with van der Waals surface area (Å²) in [6.07, 6.45) is 0.720. The Morgan fingerprint density at radius 1 is 0.743 bits per heavy atom. The molecular weight excluding hydrogens is 515 g/mol. The van der Waals surface area contributed by atoms with Crippen molar-refractivity contribution in [1.82, 2.24) is 0 Å². The van der Waals surface area contributed by atoms with E-state index in [-0.39, 0.29) is 11.4 Å². The van der Waals surface area contributed by atoms with Crippen LogP contribution in [0, 0.1) is 0 Å². The molecule has 0 spiro atoms. The second kappa shape index (κ2) is 9.72. The fourth-order valence-electron chi connectivity index (χ4n) is 4.79. The molecule has 0 unspecified atom stereocenters. The molecule has 0 radical (unpaired) electrons. The quantitative estimate of drug-likeness (QED) is 0.190. The number of hydrogen-bond donors (Lipinski definition) is 0. The van der Waals surface area contributed by atoms with E-state index in [2.05, 4.69) is 115 Å². The summed E-state index contributed by atoms with van der Waals surface area (Å²) in [4.78, 5) is 13.1. The third-order valence-electron chi connectivity index (χ3n) is 6.70. The van der Waals surface area contributed by atoms with Gasteiger partial charge in [-0.25, -0.2) is 0 Å². The molecule has 0 aliphatic carbocycles. The zero-order chi connectivity index (χ0) is 25.1. The van der Waals surface area contributed by atoms with Gasteiger partial charge in [-0.15, -0.1) is 0 Å². The topological polar surface area (TPSA) is 26.3 Å². The molecule has 4 aromatic carbocycles. The first-order chi connectivity index (χ1) is 16.7. The molecule has 0 N–H and O–H groups in total. The molecule has 0 saturated heterocycles. The van der Waals surface area contributed by atoms with Gasteiger partial charge in [-0.1, -0.05) is 0 Å². The molecule has 0 atom stereocenters. The zero-order valence-corrected chi connectivity index (χ0v) is 23.2. The first-order valence-electron chi connectivity index (χ1n) is 11.8. The molecule has 0 aliphatic rings. The van der Waals surface area contributed by atoms with Crippen LogP contribution in [0.2, 0.25) is 0 Å². The van der Waals surface area contributed by atoms with Crippen molar-refractivity contribution in [3.05, 3.63) is 126 Å². The van der Waals surface area contributed by atoms with E-state index in [0.717, 1.165) is 11.5 Å². The zero-order valence-electron chi connectivity index (χ0n) is 20.7. The van der Waals surface area contributed by atoms with Gasteiger partial charge in [0.05, 0.1) is 0 Å². The normalized spacial score (nSPS) is 13.0. The van der Waals surface area contributed by atoms with Crippen molar-refractivity contribution < 1.29 is 9.53 Å². The summed E-state index contributed by atoms with van der Waals surface area (Å²) in [5.74, 6) is -0.330. The Balaban J connectivity index is 2.08. The van der Waals surface area contributed by atoms with Crippen molar-refractivity contribution in [2.24, 2.45) is 0 Å². The van der Waals surface area contributed by atoms with E-state index in [9.17, 15) is 4.79 Å². The maximum atomic E-state index is 13.1. The van der Waals surface area contributed by atoms with Gasteiger partial charge in [0, 0.05) is 0 Å². The van der Waals surface area contributed by atoms with Gasteiger partial charge in [-0.05, 0) is 0 Å². The van der Waals surface area contributed by atoms with Crippen LogP contribution < -0.4 is 15.9 Å². The van der Waals surface area contributed by atoms with E-state index >= 15 is 0 Å². The monoisotopic (exact) mass is 546 g/mol. The van der Waals surface area contributed by atoms with Crippen LogP contribution in [0.4, 0.5) is 0 Å². The van der Waals surface area contributed by atoms with E-state index < -0.39 is 5.31 Å². The molecule has 180 valence electrons. The van der Waals surface area contributed by atoms with Gasteiger partial charge in [0.1, 0.15) is 0 Å². The summed E-state index contributed by atoms with van der Waals surface area (Å²) in [5.41, 5.74) is 3.17. The molecule has 2 nitrogen and oxygen atoms in total. The first kappa shape index (κ1) is 25.4. The van der Waals surface area contributed by atoms with E-state index in [1.54, 1.807) is 0 Å². The molecule has 0 heterocycles. The van der Waals surface area contributed by atoms with Crippen LogP contribution in [0.1, 0.15) is 42.3 Å². The van der Waals surface area contributed by atoms with Gasteiger partial charge in [-0.3, -0.25) is 0 Å². The number of carbonyl (C=O) groups excluding carboxylic acids is 1. The number of benzene rings is 4. The number of carbonyl (C=O) groups is 1. The van der Waals surface area contributed by atoms with Crippen LogP contribution >= 0.6 is 20.8 Å². The molecule has 4 rings (SSSR count). The molecule has 35 heavy (non-hydrogen) atoms. The van der Waals surface area contributed by atoms with Crippen molar-refractivity contribution in [2.75, 3.05) is 7.11 Å². The molecule has 0 aromatic heterocycles. The third kappa shape index (κ3) is 4.60. The molecule has 0 aliphatic heterocycles. The SMILES string of the molecule is COC(=O)c1ccccc1P(Br)(Cc1ccc(C(C)(C)C)cc1)(c1ccccc1)c1ccccc1. The van der Waals surface area contributed by atoms with Crippen molar-refractivity contribution in [3.8, 4) is 0 Å². The Labute approximate surface area is 217 Å². The number of rotatable bonds is 6. The predicted molar refractivity (Wildman–Crippen MR) is 154 cm³/mol. The van der Waals surface area contributed by atoms with E-state index in [1.807, 2.05) is 30.3 Å². The number of halogens is 1. The van der Waals surface area contributed by atoms with Crippen LogP contribution in [0.5, 0.6) is 0 Å². The van der Waals surface area contributed by atoms with Gasteiger partial charge in [0.25, 0.3) is 0 Å². The van der Waals surface area contributed by atoms with Crippen molar-refractivity contribution >= 4 is 42.7 Å². The minimum absolute atomic E-state index is 0.0782. The second-order valence-electron chi connectivity index (χ2n) is 9.97. The van der Waals surface area contributed by atoms with Crippen LogP contribution in [-0.2, 0) is 16.3 Å². The molecule has 0 bridgehead atoms. The Bertz CT molecular complexity index is 1270. The fourth-order valence-corrected chi connectivity index (χ4v) is 12.9. The number of methoxy groups -OCH3 is 1. The van der Waals surface area contributed by atoms with Gasteiger partial charge in [0.15, 0.2) is 0 Å². The Kier molecular flexibility index (Phi) is 7.04. The molecule has 0 fully saturated rings. The number of ether oxygens (including phenoxy) is 1. The minimum atomic E-state index is -3.37. The molecule has 4 aromatic rings. The maximum absolute atomic E-state index is 13.1. The Hall–Kier alpha value is -2.74. The summed E-state index contributed by atoms with van der Waals surface area (Å²) in [5, 5.41) is -0.0562.